The van der Waals surface area contributed by atoms with Crippen molar-refractivity contribution in [2.75, 3.05) is 0 Å². The quantitative estimate of drug-likeness (QED) is 0.671. The molecule has 0 fully saturated rings. The third-order valence-corrected chi connectivity index (χ3v) is 3.11. The fourth-order valence-corrected chi connectivity index (χ4v) is 2.33. The predicted molar refractivity (Wildman–Crippen MR) is 72.4 cm³/mol. The van der Waals surface area contributed by atoms with Crippen molar-refractivity contribution in [2.45, 2.75) is 19.8 Å². The van der Waals surface area contributed by atoms with Gasteiger partial charge in [-0.15, -0.1) is 0 Å². The van der Waals surface area contributed by atoms with E-state index in [4.69, 9.17) is 0 Å². The zero-order valence-corrected chi connectivity index (χ0v) is 10.7. The lowest BCUT2D eigenvalue weighted by Crippen LogP contribution is -1.89. The first-order chi connectivity index (χ1) is 9.29. The standard InChI is InChI=1S/C15H14FN3/c1-2-5-12-15(11-7-8-17-14(16)10-11)13-6-3-4-9-19(13)18-12/h3-4,6-10H,2,5H2,1H3. The van der Waals surface area contributed by atoms with Crippen LogP contribution in [-0.2, 0) is 6.42 Å². The number of pyridine rings is 2. The van der Waals surface area contributed by atoms with Gasteiger partial charge >= 0.3 is 0 Å². The van der Waals surface area contributed by atoms with Crippen LogP contribution in [0.1, 0.15) is 19.0 Å². The van der Waals surface area contributed by atoms with Gasteiger partial charge in [-0.25, -0.2) is 9.50 Å². The molecule has 0 amide bonds. The summed E-state index contributed by atoms with van der Waals surface area (Å²) in [5, 5.41) is 4.58. The summed E-state index contributed by atoms with van der Waals surface area (Å²) in [6.45, 7) is 2.11. The zero-order valence-electron chi connectivity index (χ0n) is 10.7. The van der Waals surface area contributed by atoms with E-state index in [-0.39, 0.29) is 0 Å². The Kier molecular flexibility index (Phi) is 2.99. The molecular weight excluding hydrogens is 241 g/mol. The highest BCUT2D eigenvalue weighted by Crippen LogP contribution is 2.29. The number of fused-ring (bicyclic) bond motifs is 1. The molecule has 3 rings (SSSR count). The van der Waals surface area contributed by atoms with Crippen molar-refractivity contribution in [1.82, 2.24) is 14.6 Å². The molecule has 0 spiro atoms. The number of rotatable bonds is 3. The van der Waals surface area contributed by atoms with Gasteiger partial charge in [0.2, 0.25) is 5.95 Å². The Bertz CT molecular complexity index is 718. The second-order valence-electron chi connectivity index (χ2n) is 4.47. The highest BCUT2D eigenvalue weighted by atomic mass is 19.1. The van der Waals surface area contributed by atoms with Crippen molar-refractivity contribution in [2.24, 2.45) is 0 Å². The number of hydrogen-bond donors (Lipinski definition) is 0. The van der Waals surface area contributed by atoms with Crippen LogP contribution in [-0.4, -0.2) is 14.6 Å². The van der Waals surface area contributed by atoms with E-state index >= 15 is 0 Å². The summed E-state index contributed by atoms with van der Waals surface area (Å²) >= 11 is 0. The second-order valence-corrected chi connectivity index (χ2v) is 4.47. The van der Waals surface area contributed by atoms with Crippen molar-refractivity contribution in [1.29, 1.82) is 0 Å². The zero-order chi connectivity index (χ0) is 13.2. The summed E-state index contributed by atoms with van der Waals surface area (Å²) in [5.41, 5.74) is 3.83. The van der Waals surface area contributed by atoms with Crippen LogP contribution in [0, 0.1) is 5.95 Å². The smallest absolute Gasteiger partial charge is 0.213 e. The molecule has 0 saturated carbocycles. The minimum Gasteiger partial charge on any atom is -0.240 e. The molecule has 0 radical (unpaired) electrons. The molecule has 0 aliphatic heterocycles. The van der Waals surface area contributed by atoms with Crippen molar-refractivity contribution in [3.63, 3.8) is 0 Å². The molecule has 0 unspecified atom stereocenters. The lowest BCUT2D eigenvalue weighted by Gasteiger charge is -2.02. The highest BCUT2D eigenvalue weighted by molar-refractivity contribution is 5.82. The van der Waals surface area contributed by atoms with Crippen LogP contribution in [0.4, 0.5) is 4.39 Å². The van der Waals surface area contributed by atoms with Gasteiger partial charge in [0.15, 0.2) is 0 Å². The summed E-state index contributed by atoms with van der Waals surface area (Å²) in [6, 6.07) is 9.19. The minimum atomic E-state index is -0.463. The van der Waals surface area contributed by atoms with Crippen molar-refractivity contribution in [3.8, 4) is 11.1 Å². The van der Waals surface area contributed by atoms with Gasteiger partial charge in [0.1, 0.15) is 0 Å². The Hall–Kier alpha value is -2.23. The summed E-state index contributed by atoms with van der Waals surface area (Å²) in [6.07, 6.45) is 5.29. The number of hydrogen-bond acceptors (Lipinski definition) is 2. The first-order valence-electron chi connectivity index (χ1n) is 6.37. The largest absolute Gasteiger partial charge is 0.240 e. The van der Waals surface area contributed by atoms with Crippen LogP contribution >= 0.6 is 0 Å². The maximum Gasteiger partial charge on any atom is 0.213 e. The fourth-order valence-electron chi connectivity index (χ4n) is 2.33. The Balaban J connectivity index is 2.28. The molecule has 0 aliphatic carbocycles. The SMILES string of the molecule is CCCc1nn2ccccc2c1-c1ccnc(F)c1. The van der Waals surface area contributed by atoms with Gasteiger partial charge in [-0.3, -0.25) is 0 Å². The van der Waals surface area contributed by atoms with Gasteiger partial charge < -0.3 is 0 Å². The van der Waals surface area contributed by atoms with E-state index in [1.165, 1.54) is 12.3 Å². The van der Waals surface area contributed by atoms with Crippen LogP contribution < -0.4 is 0 Å². The maximum atomic E-state index is 13.3. The van der Waals surface area contributed by atoms with E-state index in [0.717, 1.165) is 35.2 Å². The van der Waals surface area contributed by atoms with Gasteiger partial charge in [-0.1, -0.05) is 19.4 Å². The van der Waals surface area contributed by atoms with Crippen LogP contribution in [0.5, 0.6) is 0 Å². The summed E-state index contributed by atoms with van der Waals surface area (Å²) in [7, 11) is 0. The average molecular weight is 255 g/mol. The van der Waals surface area contributed by atoms with Gasteiger partial charge in [0.25, 0.3) is 0 Å². The number of halogens is 1. The number of aryl methyl sites for hydroxylation is 1. The predicted octanol–water partition coefficient (Wildman–Crippen LogP) is 3.49. The van der Waals surface area contributed by atoms with E-state index in [2.05, 4.69) is 17.0 Å². The second kappa shape index (κ2) is 4.80. The Morgan fingerprint density at radius 1 is 1.26 bits per heavy atom. The first kappa shape index (κ1) is 11.8. The van der Waals surface area contributed by atoms with E-state index in [0.29, 0.717) is 0 Å². The van der Waals surface area contributed by atoms with Crippen molar-refractivity contribution >= 4 is 5.52 Å². The van der Waals surface area contributed by atoms with Gasteiger partial charge in [0, 0.05) is 24.0 Å². The summed E-state index contributed by atoms with van der Waals surface area (Å²) in [5.74, 6) is -0.463. The number of nitrogens with zero attached hydrogens (tertiary/aromatic N) is 3. The van der Waals surface area contributed by atoms with Crippen LogP contribution in [0.15, 0.2) is 42.7 Å². The molecular formula is C15H14FN3. The van der Waals surface area contributed by atoms with Crippen molar-refractivity contribution in [3.05, 3.63) is 54.4 Å². The third kappa shape index (κ3) is 2.10. The molecule has 0 saturated heterocycles. The van der Waals surface area contributed by atoms with Crippen LogP contribution in [0.3, 0.4) is 0 Å². The van der Waals surface area contributed by atoms with Gasteiger partial charge in [-0.05, 0) is 30.2 Å². The molecule has 19 heavy (non-hydrogen) atoms. The average Bonchev–Trinajstić information content (AvgIpc) is 2.77. The normalized spacial score (nSPS) is 11.1. The maximum absolute atomic E-state index is 13.3. The Morgan fingerprint density at radius 2 is 2.16 bits per heavy atom. The monoisotopic (exact) mass is 255 g/mol. The van der Waals surface area contributed by atoms with Crippen molar-refractivity contribution < 1.29 is 4.39 Å². The molecule has 0 atom stereocenters. The van der Waals surface area contributed by atoms with E-state index < -0.39 is 5.95 Å². The molecule has 0 N–H and O–H groups in total. The Labute approximate surface area is 110 Å². The van der Waals surface area contributed by atoms with Gasteiger partial charge in [0.05, 0.1) is 11.2 Å². The van der Waals surface area contributed by atoms with E-state index in [1.807, 2.05) is 35.0 Å². The molecule has 3 aromatic rings. The van der Waals surface area contributed by atoms with Gasteiger partial charge in [-0.2, -0.15) is 9.49 Å². The number of aromatic nitrogens is 3. The lowest BCUT2D eigenvalue weighted by atomic mass is 10.0. The molecule has 96 valence electrons. The first-order valence-corrected chi connectivity index (χ1v) is 6.37. The molecule has 0 aromatic carbocycles. The van der Waals surface area contributed by atoms with E-state index in [9.17, 15) is 4.39 Å². The molecule has 3 heterocycles. The fraction of sp³-hybridized carbons (Fsp3) is 0.200. The third-order valence-electron chi connectivity index (χ3n) is 3.11. The van der Waals surface area contributed by atoms with E-state index in [1.54, 1.807) is 0 Å². The molecule has 4 heteroatoms. The molecule has 0 aliphatic rings. The minimum absolute atomic E-state index is 0.463. The summed E-state index contributed by atoms with van der Waals surface area (Å²) in [4.78, 5) is 3.61. The molecule has 0 bridgehead atoms. The highest BCUT2D eigenvalue weighted by Gasteiger charge is 2.14. The Morgan fingerprint density at radius 3 is 2.95 bits per heavy atom. The summed E-state index contributed by atoms with van der Waals surface area (Å²) < 4.78 is 15.2. The van der Waals surface area contributed by atoms with Crippen LogP contribution in [0.2, 0.25) is 0 Å². The van der Waals surface area contributed by atoms with Crippen LogP contribution in [0.25, 0.3) is 16.6 Å². The lowest BCUT2D eigenvalue weighted by molar-refractivity contribution is 0.584. The molecule has 3 nitrogen and oxygen atoms in total. The molecule has 3 aromatic heterocycles. The topological polar surface area (TPSA) is 30.2 Å².